The van der Waals surface area contributed by atoms with Gasteiger partial charge in [0, 0.05) is 19.2 Å². The van der Waals surface area contributed by atoms with E-state index in [1.165, 1.54) is 6.08 Å². The summed E-state index contributed by atoms with van der Waals surface area (Å²) in [7, 11) is 0. The number of carbonyl (C=O) groups is 1. The van der Waals surface area contributed by atoms with Crippen LogP contribution in [0.1, 0.15) is 18.4 Å². The largest absolute Gasteiger partial charge is 0.376 e. The van der Waals surface area contributed by atoms with Crippen LogP contribution in [-0.4, -0.2) is 30.3 Å². The third kappa shape index (κ3) is 5.11. The first-order chi connectivity index (χ1) is 9.74. The van der Waals surface area contributed by atoms with Crippen LogP contribution in [0.3, 0.4) is 0 Å². The van der Waals surface area contributed by atoms with Crippen molar-refractivity contribution in [2.75, 3.05) is 13.2 Å². The highest BCUT2D eigenvalue weighted by Crippen LogP contribution is 2.10. The average molecular weight is 290 g/mol. The van der Waals surface area contributed by atoms with Crippen molar-refractivity contribution in [3.05, 3.63) is 42.0 Å². The zero-order chi connectivity index (χ0) is 14.2. The average Bonchev–Trinajstić information content (AvgIpc) is 2.97. The molecule has 1 fully saturated rings. The maximum absolute atomic E-state index is 11.7. The summed E-state index contributed by atoms with van der Waals surface area (Å²) in [6.45, 7) is 1.45. The van der Waals surface area contributed by atoms with E-state index < -0.39 is 0 Å². The Morgan fingerprint density at radius 3 is 2.90 bits per heavy atom. The quantitative estimate of drug-likeness (QED) is 0.656. The molecule has 0 aromatic heterocycles. The molecule has 4 nitrogen and oxygen atoms in total. The fourth-order valence-corrected chi connectivity index (χ4v) is 2.13. The smallest absolute Gasteiger partial charge is 0.250 e. The Morgan fingerprint density at radius 1 is 1.40 bits per heavy atom. The number of thiocarbonyl (C=S) groups is 1. The normalized spacial score (nSPS) is 18.1. The maximum atomic E-state index is 11.7. The first kappa shape index (κ1) is 14.7. The van der Waals surface area contributed by atoms with Crippen LogP contribution in [0.5, 0.6) is 0 Å². The van der Waals surface area contributed by atoms with Crippen molar-refractivity contribution in [1.29, 1.82) is 0 Å². The fourth-order valence-electron chi connectivity index (χ4n) is 1.95. The lowest BCUT2D eigenvalue weighted by Gasteiger charge is -2.12. The molecule has 20 heavy (non-hydrogen) atoms. The molecule has 1 aromatic rings. The molecule has 1 amide bonds. The Labute approximate surface area is 124 Å². The number of amides is 1. The summed E-state index contributed by atoms with van der Waals surface area (Å²) in [6, 6.07) is 9.63. The summed E-state index contributed by atoms with van der Waals surface area (Å²) in [5.41, 5.74) is 0.973. The molecule has 1 aromatic carbocycles. The Hall–Kier alpha value is -1.72. The van der Waals surface area contributed by atoms with Gasteiger partial charge >= 0.3 is 0 Å². The van der Waals surface area contributed by atoms with Crippen LogP contribution < -0.4 is 10.6 Å². The van der Waals surface area contributed by atoms with Gasteiger partial charge in [0.2, 0.25) is 5.91 Å². The zero-order valence-electron chi connectivity index (χ0n) is 11.2. The molecule has 1 aliphatic heterocycles. The fraction of sp³-hybridized carbons (Fsp3) is 0.333. The molecule has 5 heteroatoms. The van der Waals surface area contributed by atoms with Crippen LogP contribution >= 0.6 is 12.2 Å². The molecule has 0 radical (unpaired) electrons. The van der Waals surface area contributed by atoms with Gasteiger partial charge in [-0.2, -0.15) is 0 Å². The SMILES string of the molecule is O=C(/C=C/c1ccccc1)NC(=S)NC[C@H]1CCCO1. The van der Waals surface area contributed by atoms with E-state index >= 15 is 0 Å². The summed E-state index contributed by atoms with van der Waals surface area (Å²) in [5, 5.41) is 5.94. The van der Waals surface area contributed by atoms with Gasteiger partial charge in [0.15, 0.2) is 5.11 Å². The summed E-state index contributed by atoms with van der Waals surface area (Å²) < 4.78 is 5.46. The highest BCUT2D eigenvalue weighted by atomic mass is 32.1. The minimum Gasteiger partial charge on any atom is -0.376 e. The summed E-state index contributed by atoms with van der Waals surface area (Å²) in [5.74, 6) is -0.237. The Morgan fingerprint density at radius 2 is 2.20 bits per heavy atom. The minimum absolute atomic E-state index is 0.199. The molecule has 1 aliphatic rings. The number of rotatable bonds is 4. The molecule has 0 saturated carbocycles. The van der Waals surface area contributed by atoms with Gasteiger partial charge in [0.1, 0.15) is 0 Å². The van der Waals surface area contributed by atoms with Crippen molar-refractivity contribution < 1.29 is 9.53 Å². The molecule has 0 unspecified atom stereocenters. The van der Waals surface area contributed by atoms with E-state index in [1.807, 2.05) is 30.3 Å². The monoisotopic (exact) mass is 290 g/mol. The second-order valence-corrected chi connectivity index (χ2v) is 4.99. The highest BCUT2D eigenvalue weighted by Gasteiger charge is 2.15. The number of carbonyl (C=O) groups excluding carboxylic acids is 1. The second-order valence-electron chi connectivity index (χ2n) is 4.58. The third-order valence-corrected chi connectivity index (χ3v) is 3.22. The molecule has 0 spiro atoms. The molecular weight excluding hydrogens is 272 g/mol. The lowest BCUT2D eigenvalue weighted by molar-refractivity contribution is -0.115. The van der Waals surface area contributed by atoms with E-state index in [1.54, 1.807) is 6.08 Å². The molecule has 106 valence electrons. The molecule has 2 N–H and O–H groups in total. The topological polar surface area (TPSA) is 50.4 Å². The molecule has 2 rings (SSSR count). The van der Waals surface area contributed by atoms with Crippen LogP contribution in [0.25, 0.3) is 6.08 Å². The van der Waals surface area contributed by atoms with Crippen molar-refractivity contribution in [2.24, 2.45) is 0 Å². The molecule has 1 heterocycles. The lowest BCUT2D eigenvalue weighted by Crippen LogP contribution is -2.41. The van der Waals surface area contributed by atoms with Gasteiger partial charge in [-0.15, -0.1) is 0 Å². The summed E-state index contributed by atoms with van der Waals surface area (Å²) in [4.78, 5) is 11.7. The van der Waals surface area contributed by atoms with Crippen molar-refractivity contribution in [2.45, 2.75) is 18.9 Å². The van der Waals surface area contributed by atoms with Crippen molar-refractivity contribution in [3.63, 3.8) is 0 Å². The van der Waals surface area contributed by atoms with Gasteiger partial charge in [-0.25, -0.2) is 0 Å². The predicted molar refractivity (Wildman–Crippen MR) is 83.2 cm³/mol. The molecule has 1 saturated heterocycles. The van der Waals surface area contributed by atoms with Gasteiger partial charge in [0.05, 0.1) is 6.10 Å². The first-order valence-corrected chi connectivity index (χ1v) is 7.08. The van der Waals surface area contributed by atoms with E-state index in [2.05, 4.69) is 10.6 Å². The Balaban J connectivity index is 1.70. The summed E-state index contributed by atoms with van der Waals surface area (Å²) >= 11 is 5.06. The first-order valence-electron chi connectivity index (χ1n) is 6.67. The van der Waals surface area contributed by atoms with Crippen LogP contribution in [-0.2, 0) is 9.53 Å². The number of nitrogens with one attached hydrogen (secondary N) is 2. The molecular formula is C15H18N2O2S. The maximum Gasteiger partial charge on any atom is 0.250 e. The number of hydrogen-bond acceptors (Lipinski definition) is 3. The van der Waals surface area contributed by atoms with Crippen LogP contribution in [0.4, 0.5) is 0 Å². The van der Waals surface area contributed by atoms with Crippen LogP contribution in [0.15, 0.2) is 36.4 Å². The lowest BCUT2D eigenvalue weighted by atomic mass is 10.2. The Kier molecular flexibility index (Phi) is 5.70. The number of hydrogen-bond donors (Lipinski definition) is 2. The minimum atomic E-state index is -0.237. The van der Waals surface area contributed by atoms with Gasteiger partial charge in [0.25, 0.3) is 0 Å². The molecule has 1 atom stereocenters. The molecule has 0 aliphatic carbocycles. The number of benzene rings is 1. The third-order valence-electron chi connectivity index (χ3n) is 2.98. The van der Waals surface area contributed by atoms with Gasteiger partial charge in [-0.3, -0.25) is 10.1 Å². The second kappa shape index (κ2) is 7.77. The predicted octanol–water partition coefficient (Wildman–Crippen LogP) is 1.87. The van der Waals surface area contributed by atoms with E-state index in [9.17, 15) is 4.79 Å². The van der Waals surface area contributed by atoms with Crippen molar-refractivity contribution in [3.8, 4) is 0 Å². The van der Waals surface area contributed by atoms with E-state index in [0.717, 1.165) is 25.0 Å². The zero-order valence-corrected chi connectivity index (χ0v) is 12.0. The van der Waals surface area contributed by atoms with Gasteiger partial charge < -0.3 is 10.1 Å². The van der Waals surface area contributed by atoms with E-state index in [4.69, 9.17) is 17.0 Å². The van der Waals surface area contributed by atoms with Crippen molar-refractivity contribution in [1.82, 2.24) is 10.6 Å². The molecule has 0 bridgehead atoms. The summed E-state index contributed by atoms with van der Waals surface area (Å²) in [6.07, 6.45) is 5.54. The standard InChI is InChI=1S/C15H18N2O2S/c18-14(9-8-12-5-2-1-3-6-12)17-15(20)16-11-13-7-4-10-19-13/h1-3,5-6,8-9,13H,4,7,10-11H2,(H2,16,17,18,20)/b9-8+/t13-/m1/s1. The van der Waals surface area contributed by atoms with Crippen LogP contribution in [0.2, 0.25) is 0 Å². The van der Waals surface area contributed by atoms with E-state index in [-0.39, 0.29) is 12.0 Å². The van der Waals surface area contributed by atoms with Crippen LogP contribution in [0, 0.1) is 0 Å². The van der Waals surface area contributed by atoms with Gasteiger partial charge in [-0.1, -0.05) is 30.3 Å². The van der Waals surface area contributed by atoms with E-state index in [0.29, 0.717) is 11.7 Å². The Bertz CT molecular complexity index is 482. The van der Waals surface area contributed by atoms with Gasteiger partial charge in [-0.05, 0) is 36.7 Å². The number of ether oxygens (including phenoxy) is 1. The highest BCUT2D eigenvalue weighted by molar-refractivity contribution is 7.80. The van der Waals surface area contributed by atoms with Crippen molar-refractivity contribution >= 4 is 29.3 Å².